The van der Waals surface area contributed by atoms with Crippen LogP contribution in [0.1, 0.15) is 21.6 Å². The standard InChI is InChI=1S/C16H12ClF3N4O2/c1-24-13-4-8(15(25)26)2-3-10(13)12(23-24)7-22-14-11(17)5-9(6-21-14)16(18,19)20/h2-6H,7H2,1H3,(H,21,22)(H,25,26). The zero-order chi connectivity index (χ0) is 19.1. The first-order valence-electron chi connectivity index (χ1n) is 7.32. The predicted molar refractivity (Wildman–Crippen MR) is 89.2 cm³/mol. The monoisotopic (exact) mass is 384 g/mol. The topological polar surface area (TPSA) is 80.0 Å². The number of alkyl halides is 3. The maximum Gasteiger partial charge on any atom is 0.417 e. The largest absolute Gasteiger partial charge is 0.478 e. The third-order valence-electron chi connectivity index (χ3n) is 3.77. The fraction of sp³-hybridized carbons (Fsp3) is 0.188. The normalized spacial score (nSPS) is 11.7. The molecule has 0 saturated carbocycles. The number of carboxylic acids is 1. The molecule has 136 valence electrons. The summed E-state index contributed by atoms with van der Waals surface area (Å²) in [5, 5.41) is 16.8. The van der Waals surface area contributed by atoms with Crippen molar-refractivity contribution in [3.63, 3.8) is 0 Å². The highest BCUT2D eigenvalue weighted by molar-refractivity contribution is 6.32. The number of fused-ring (bicyclic) bond motifs is 1. The van der Waals surface area contributed by atoms with Crippen molar-refractivity contribution in [1.82, 2.24) is 14.8 Å². The fourth-order valence-corrected chi connectivity index (χ4v) is 2.72. The van der Waals surface area contributed by atoms with Gasteiger partial charge in [-0.1, -0.05) is 11.6 Å². The van der Waals surface area contributed by atoms with Gasteiger partial charge in [0.05, 0.1) is 33.9 Å². The molecule has 10 heteroatoms. The molecule has 0 fully saturated rings. The number of aryl methyl sites for hydroxylation is 1. The smallest absolute Gasteiger partial charge is 0.417 e. The van der Waals surface area contributed by atoms with Crippen molar-refractivity contribution in [3.8, 4) is 0 Å². The Labute approximate surface area is 150 Å². The lowest BCUT2D eigenvalue weighted by Crippen LogP contribution is -2.08. The van der Waals surface area contributed by atoms with Crippen molar-refractivity contribution in [1.29, 1.82) is 0 Å². The van der Waals surface area contributed by atoms with Crippen LogP contribution in [0.4, 0.5) is 19.0 Å². The number of anilines is 1. The number of benzene rings is 1. The van der Waals surface area contributed by atoms with Gasteiger partial charge in [-0.25, -0.2) is 9.78 Å². The zero-order valence-corrected chi connectivity index (χ0v) is 14.1. The maximum atomic E-state index is 12.6. The average Bonchev–Trinajstić information content (AvgIpc) is 2.88. The first-order chi connectivity index (χ1) is 12.2. The number of carboxylic acid groups (broad SMARTS) is 1. The van der Waals surface area contributed by atoms with E-state index in [1.807, 2.05) is 0 Å². The Morgan fingerprint density at radius 1 is 1.35 bits per heavy atom. The Kier molecular flexibility index (Phi) is 4.49. The van der Waals surface area contributed by atoms with E-state index in [0.717, 1.165) is 6.07 Å². The van der Waals surface area contributed by atoms with Gasteiger partial charge in [0.2, 0.25) is 0 Å². The van der Waals surface area contributed by atoms with Crippen molar-refractivity contribution in [2.75, 3.05) is 5.32 Å². The van der Waals surface area contributed by atoms with E-state index in [2.05, 4.69) is 15.4 Å². The van der Waals surface area contributed by atoms with Crippen molar-refractivity contribution in [3.05, 3.63) is 52.3 Å². The highest BCUT2D eigenvalue weighted by Gasteiger charge is 2.31. The third kappa shape index (κ3) is 3.43. The summed E-state index contributed by atoms with van der Waals surface area (Å²) in [5.41, 5.74) is 0.398. The third-order valence-corrected chi connectivity index (χ3v) is 4.05. The molecule has 0 aliphatic heterocycles. The molecule has 3 aromatic rings. The van der Waals surface area contributed by atoms with Gasteiger partial charge in [-0.2, -0.15) is 18.3 Å². The number of halogens is 4. The molecule has 0 unspecified atom stereocenters. The Bertz CT molecular complexity index is 1000. The molecule has 0 atom stereocenters. The molecule has 2 heterocycles. The number of carbonyl (C=O) groups is 1. The first-order valence-corrected chi connectivity index (χ1v) is 7.70. The SMILES string of the molecule is Cn1nc(CNc2ncc(C(F)(F)F)cc2Cl)c2ccc(C(=O)O)cc21. The van der Waals surface area contributed by atoms with Gasteiger partial charge in [-0.3, -0.25) is 4.68 Å². The van der Waals surface area contributed by atoms with Crippen LogP contribution in [-0.4, -0.2) is 25.8 Å². The van der Waals surface area contributed by atoms with Crippen LogP contribution < -0.4 is 5.32 Å². The minimum Gasteiger partial charge on any atom is -0.478 e. The van der Waals surface area contributed by atoms with E-state index in [1.165, 1.54) is 16.8 Å². The van der Waals surface area contributed by atoms with E-state index in [4.69, 9.17) is 16.7 Å². The van der Waals surface area contributed by atoms with Gasteiger partial charge < -0.3 is 10.4 Å². The summed E-state index contributed by atoms with van der Waals surface area (Å²) in [6, 6.07) is 5.38. The summed E-state index contributed by atoms with van der Waals surface area (Å²) in [6.07, 6.45) is -3.82. The molecule has 0 bridgehead atoms. The highest BCUT2D eigenvalue weighted by atomic mass is 35.5. The van der Waals surface area contributed by atoms with Crippen molar-refractivity contribution < 1.29 is 23.1 Å². The van der Waals surface area contributed by atoms with Crippen LogP contribution in [0.5, 0.6) is 0 Å². The van der Waals surface area contributed by atoms with Gasteiger partial charge >= 0.3 is 12.1 Å². The number of nitrogens with one attached hydrogen (secondary N) is 1. The van der Waals surface area contributed by atoms with E-state index in [0.29, 0.717) is 22.8 Å². The van der Waals surface area contributed by atoms with Crippen molar-refractivity contribution in [2.24, 2.45) is 7.05 Å². The minimum atomic E-state index is -4.52. The molecule has 6 nitrogen and oxygen atoms in total. The van der Waals surface area contributed by atoms with Gasteiger partial charge in [0, 0.05) is 18.6 Å². The molecule has 26 heavy (non-hydrogen) atoms. The number of aromatic carboxylic acids is 1. The average molecular weight is 385 g/mol. The number of nitrogens with zero attached hydrogens (tertiary/aromatic N) is 3. The van der Waals surface area contributed by atoms with Gasteiger partial charge in [0.25, 0.3) is 0 Å². The van der Waals surface area contributed by atoms with E-state index >= 15 is 0 Å². The summed E-state index contributed by atoms with van der Waals surface area (Å²) >= 11 is 5.86. The molecule has 0 radical (unpaired) electrons. The van der Waals surface area contributed by atoms with Crippen LogP contribution in [0.2, 0.25) is 5.02 Å². The van der Waals surface area contributed by atoms with Gasteiger partial charge in [-0.05, 0) is 24.3 Å². The number of hydrogen-bond donors (Lipinski definition) is 2. The van der Waals surface area contributed by atoms with Crippen molar-refractivity contribution in [2.45, 2.75) is 12.7 Å². The molecule has 2 aromatic heterocycles. The molecule has 3 rings (SSSR count). The number of rotatable bonds is 4. The van der Waals surface area contributed by atoms with E-state index in [-0.39, 0.29) is 22.9 Å². The molecule has 0 saturated heterocycles. The second-order valence-corrected chi connectivity index (χ2v) is 5.92. The fourth-order valence-electron chi connectivity index (χ4n) is 2.49. The van der Waals surface area contributed by atoms with Crippen molar-refractivity contribution >= 4 is 34.3 Å². The van der Waals surface area contributed by atoms with Gasteiger partial charge in [0.15, 0.2) is 0 Å². The summed E-state index contributed by atoms with van der Waals surface area (Å²) in [5.74, 6) is -0.950. The van der Waals surface area contributed by atoms with Gasteiger partial charge in [-0.15, -0.1) is 0 Å². The predicted octanol–water partition coefficient (Wildman–Crippen LogP) is 3.95. The van der Waals surface area contributed by atoms with E-state index in [9.17, 15) is 18.0 Å². The van der Waals surface area contributed by atoms with Crippen LogP contribution in [0.25, 0.3) is 10.9 Å². The van der Waals surface area contributed by atoms with Crippen LogP contribution >= 0.6 is 11.6 Å². The number of hydrogen-bond acceptors (Lipinski definition) is 4. The molecule has 0 amide bonds. The highest BCUT2D eigenvalue weighted by Crippen LogP contribution is 2.32. The Morgan fingerprint density at radius 2 is 2.08 bits per heavy atom. The Hall–Kier alpha value is -2.81. The van der Waals surface area contributed by atoms with Crippen LogP contribution in [0.15, 0.2) is 30.5 Å². The minimum absolute atomic E-state index is 0.0978. The van der Waals surface area contributed by atoms with Crippen LogP contribution in [-0.2, 0) is 19.8 Å². The lowest BCUT2D eigenvalue weighted by atomic mass is 10.1. The molecule has 0 aliphatic carbocycles. The lowest BCUT2D eigenvalue weighted by Gasteiger charge is -2.10. The summed E-state index contributed by atoms with van der Waals surface area (Å²) in [7, 11) is 1.67. The summed E-state index contributed by atoms with van der Waals surface area (Å²) in [4.78, 5) is 14.8. The molecular weight excluding hydrogens is 373 g/mol. The molecule has 1 aromatic carbocycles. The molecule has 2 N–H and O–H groups in total. The second kappa shape index (κ2) is 6.49. The number of aromatic nitrogens is 3. The molecule has 0 spiro atoms. The van der Waals surface area contributed by atoms with Crippen LogP contribution in [0.3, 0.4) is 0 Å². The first kappa shape index (κ1) is 18.0. The summed E-state index contributed by atoms with van der Waals surface area (Å²) in [6.45, 7) is 0.155. The molecular formula is C16H12ClF3N4O2. The molecule has 0 aliphatic rings. The van der Waals surface area contributed by atoms with E-state index in [1.54, 1.807) is 13.1 Å². The summed E-state index contributed by atoms with van der Waals surface area (Å²) < 4.78 is 39.5. The van der Waals surface area contributed by atoms with E-state index < -0.39 is 17.7 Å². The zero-order valence-electron chi connectivity index (χ0n) is 13.3. The quantitative estimate of drug-likeness (QED) is 0.712. The Balaban J connectivity index is 1.85. The lowest BCUT2D eigenvalue weighted by molar-refractivity contribution is -0.137. The number of pyridine rings is 1. The Morgan fingerprint density at radius 3 is 2.69 bits per heavy atom. The second-order valence-electron chi connectivity index (χ2n) is 5.51. The maximum absolute atomic E-state index is 12.6. The van der Waals surface area contributed by atoms with Gasteiger partial charge in [0.1, 0.15) is 5.82 Å². The van der Waals surface area contributed by atoms with Crippen LogP contribution in [0, 0.1) is 0 Å².